The molecule has 0 radical (unpaired) electrons. The summed E-state index contributed by atoms with van der Waals surface area (Å²) in [6, 6.07) is 18.9. The van der Waals surface area contributed by atoms with Crippen molar-refractivity contribution >= 4 is 11.4 Å². The van der Waals surface area contributed by atoms with Crippen molar-refractivity contribution in [3.05, 3.63) is 76.6 Å². The summed E-state index contributed by atoms with van der Waals surface area (Å²) in [5.74, 6) is 0. The molecular weight excluding hydrogens is 276 g/mol. The lowest BCUT2D eigenvalue weighted by Gasteiger charge is -2.11. The number of aromatic amines is 1. The monoisotopic (exact) mass is 292 g/mol. The third-order valence-corrected chi connectivity index (χ3v) is 3.35. The summed E-state index contributed by atoms with van der Waals surface area (Å²) < 4.78 is 0. The van der Waals surface area contributed by atoms with E-state index in [0.717, 1.165) is 11.3 Å². The van der Waals surface area contributed by atoms with Crippen LogP contribution in [0.4, 0.5) is 11.4 Å². The molecule has 0 amide bonds. The van der Waals surface area contributed by atoms with Gasteiger partial charge in [-0.15, -0.1) is 0 Å². The number of anilines is 2. The molecule has 0 aliphatic carbocycles. The summed E-state index contributed by atoms with van der Waals surface area (Å²) in [5.41, 5.74) is 10.1. The largest absolute Gasteiger partial charge is 0.397 e. The minimum absolute atomic E-state index is 0.224. The van der Waals surface area contributed by atoms with Gasteiger partial charge >= 0.3 is 0 Å². The lowest BCUT2D eigenvalue weighted by Crippen LogP contribution is -2.06. The van der Waals surface area contributed by atoms with E-state index < -0.39 is 0 Å². The third-order valence-electron chi connectivity index (χ3n) is 3.35. The highest BCUT2D eigenvalue weighted by molar-refractivity contribution is 5.74. The number of hydrogen-bond acceptors (Lipinski definition) is 4. The van der Waals surface area contributed by atoms with Crippen LogP contribution in [0.25, 0.3) is 11.3 Å². The van der Waals surface area contributed by atoms with Crippen molar-refractivity contribution < 1.29 is 0 Å². The van der Waals surface area contributed by atoms with E-state index in [1.165, 1.54) is 11.6 Å². The number of nitrogens with one attached hydrogen (secondary N) is 2. The zero-order valence-corrected chi connectivity index (χ0v) is 11.9. The van der Waals surface area contributed by atoms with Gasteiger partial charge in [0.15, 0.2) is 0 Å². The first kappa shape index (κ1) is 13.9. The maximum Gasteiger partial charge on any atom is 0.264 e. The first-order chi connectivity index (χ1) is 10.7. The molecule has 0 atom stereocenters. The highest BCUT2D eigenvalue weighted by Gasteiger charge is 2.04. The average Bonchev–Trinajstić information content (AvgIpc) is 2.55. The van der Waals surface area contributed by atoms with E-state index in [1.54, 1.807) is 6.07 Å². The van der Waals surface area contributed by atoms with Crippen LogP contribution in [0.2, 0.25) is 0 Å². The predicted octanol–water partition coefficient (Wildman–Crippen LogP) is 2.63. The fraction of sp³-hybridized carbons (Fsp3) is 0.0588. The number of aromatic nitrogens is 2. The Hall–Kier alpha value is -3.08. The fourth-order valence-corrected chi connectivity index (χ4v) is 2.18. The van der Waals surface area contributed by atoms with Gasteiger partial charge in [0.2, 0.25) is 0 Å². The molecule has 0 aliphatic rings. The smallest absolute Gasteiger partial charge is 0.264 e. The van der Waals surface area contributed by atoms with Crippen LogP contribution in [0.15, 0.2) is 65.5 Å². The Kier molecular flexibility index (Phi) is 3.87. The molecule has 0 spiro atoms. The second kappa shape index (κ2) is 6.13. The van der Waals surface area contributed by atoms with E-state index >= 15 is 0 Å². The van der Waals surface area contributed by atoms with Crippen LogP contribution in [-0.4, -0.2) is 10.2 Å². The molecule has 5 nitrogen and oxygen atoms in total. The SMILES string of the molecule is Nc1cc(-c2ccc(=O)[nH]n2)ccc1NCc1ccccc1. The average molecular weight is 292 g/mol. The molecule has 0 saturated carbocycles. The van der Waals surface area contributed by atoms with Gasteiger partial charge in [-0.25, -0.2) is 5.10 Å². The molecule has 22 heavy (non-hydrogen) atoms. The maximum atomic E-state index is 11.0. The van der Waals surface area contributed by atoms with Gasteiger partial charge in [-0.1, -0.05) is 36.4 Å². The minimum Gasteiger partial charge on any atom is -0.397 e. The Morgan fingerprint density at radius 2 is 1.86 bits per heavy atom. The zero-order valence-electron chi connectivity index (χ0n) is 11.9. The Morgan fingerprint density at radius 1 is 1.05 bits per heavy atom. The summed E-state index contributed by atoms with van der Waals surface area (Å²) in [6.07, 6.45) is 0. The van der Waals surface area contributed by atoms with Crippen LogP contribution in [0, 0.1) is 0 Å². The van der Waals surface area contributed by atoms with Crippen molar-refractivity contribution in [2.24, 2.45) is 0 Å². The Balaban J connectivity index is 1.77. The van der Waals surface area contributed by atoms with Gasteiger partial charge in [0.1, 0.15) is 0 Å². The predicted molar refractivity (Wildman–Crippen MR) is 88.5 cm³/mol. The lowest BCUT2D eigenvalue weighted by atomic mass is 10.1. The molecule has 1 aromatic heterocycles. The number of rotatable bonds is 4. The molecule has 0 bridgehead atoms. The molecular formula is C17H16N4O. The van der Waals surface area contributed by atoms with Gasteiger partial charge in [-0.2, -0.15) is 5.10 Å². The summed E-state index contributed by atoms with van der Waals surface area (Å²) in [5, 5.41) is 9.73. The molecule has 4 N–H and O–H groups in total. The number of H-pyrrole nitrogens is 1. The Bertz CT molecular complexity index is 807. The molecule has 2 aromatic carbocycles. The van der Waals surface area contributed by atoms with E-state index in [2.05, 4.69) is 27.6 Å². The molecule has 0 unspecified atom stereocenters. The normalized spacial score (nSPS) is 10.4. The lowest BCUT2D eigenvalue weighted by molar-refractivity contribution is 0.995. The standard InChI is InChI=1S/C17H16N4O/c18-14-10-13(15-8-9-17(22)21-20-15)6-7-16(14)19-11-12-4-2-1-3-5-12/h1-10,19H,11,18H2,(H,21,22). The van der Waals surface area contributed by atoms with Crippen molar-refractivity contribution in [2.45, 2.75) is 6.54 Å². The van der Waals surface area contributed by atoms with Crippen molar-refractivity contribution in [1.82, 2.24) is 10.2 Å². The second-order valence-corrected chi connectivity index (χ2v) is 4.95. The van der Waals surface area contributed by atoms with Crippen LogP contribution >= 0.6 is 0 Å². The summed E-state index contributed by atoms with van der Waals surface area (Å²) >= 11 is 0. The molecule has 5 heteroatoms. The van der Waals surface area contributed by atoms with E-state index in [1.807, 2.05) is 36.4 Å². The quantitative estimate of drug-likeness (QED) is 0.645. The topological polar surface area (TPSA) is 83.8 Å². The molecule has 0 saturated heterocycles. The fourth-order valence-electron chi connectivity index (χ4n) is 2.18. The Morgan fingerprint density at radius 3 is 2.55 bits per heavy atom. The number of hydrogen-bond donors (Lipinski definition) is 3. The first-order valence-corrected chi connectivity index (χ1v) is 6.96. The van der Waals surface area contributed by atoms with Gasteiger partial charge in [0.25, 0.3) is 5.56 Å². The van der Waals surface area contributed by atoms with Gasteiger partial charge in [-0.3, -0.25) is 4.79 Å². The molecule has 0 fully saturated rings. The van der Waals surface area contributed by atoms with Crippen LogP contribution in [0.5, 0.6) is 0 Å². The highest BCUT2D eigenvalue weighted by atomic mass is 16.1. The van der Waals surface area contributed by atoms with Crippen LogP contribution in [0.1, 0.15) is 5.56 Å². The van der Waals surface area contributed by atoms with Crippen molar-refractivity contribution in [1.29, 1.82) is 0 Å². The van der Waals surface area contributed by atoms with Crippen molar-refractivity contribution in [3.8, 4) is 11.3 Å². The molecule has 0 aliphatic heterocycles. The van der Waals surface area contributed by atoms with Gasteiger partial charge in [-0.05, 0) is 23.8 Å². The zero-order chi connectivity index (χ0) is 15.4. The van der Waals surface area contributed by atoms with Crippen LogP contribution in [0.3, 0.4) is 0 Å². The van der Waals surface area contributed by atoms with Crippen molar-refractivity contribution in [3.63, 3.8) is 0 Å². The first-order valence-electron chi connectivity index (χ1n) is 6.96. The molecule has 1 heterocycles. The van der Waals surface area contributed by atoms with Crippen LogP contribution < -0.4 is 16.6 Å². The van der Waals surface area contributed by atoms with Crippen LogP contribution in [-0.2, 0) is 6.54 Å². The third kappa shape index (κ3) is 3.15. The number of benzene rings is 2. The van der Waals surface area contributed by atoms with Crippen molar-refractivity contribution in [2.75, 3.05) is 11.1 Å². The maximum absolute atomic E-state index is 11.0. The molecule has 110 valence electrons. The second-order valence-electron chi connectivity index (χ2n) is 4.95. The summed E-state index contributed by atoms with van der Waals surface area (Å²) in [4.78, 5) is 11.0. The number of nitrogens with zero attached hydrogens (tertiary/aromatic N) is 1. The van der Waals surface area contributed by atoms with E-state index in [9.17, 15) is 4.79 Å². The molecule has 3 rings (SSSR count). The summed E-state index contributed by atoms with van der Waals surface area (Å²) in [7, 11) is 0. The molecule has 3 aromatic rings. The minimum atomic E-state index is -0.224. The van der Waals surface area contributed by atoms with Gasteiger partial charge in [0.05, 0.1) is 17.1 Å². The van der Waals surface area contributed by atoms with Gasteiger partial charge in [0, 0.05) is 18.2 Å². The number of nitrogens with two attached hydrogens (primary N) is 1. The van der Waals surface area contributed by atoms with Gasteiger partial charge < -0.3 is 11.1 Å². The summed E-state index contributed by atoms with van der Waals surface area (Å²) in [6.45, 7) is 0.710. The van der Waals surface area contributed by atoms with E-state index in [-0.39, 0.29) is 5.56 Å². The highest BCUT2D eigenvalue weighted by Crippen LogP contribution is 2.25. The Labute approximate surface area is 127 Å². The van der Waals surface area contributed by atoms with E-state index in [4.69, 9.17) is 5.73 Å². The number of nitrogen functional groups attached to an aromatic ring is 1. The van der Waals surface area contributed by atoms with E-state index in [0.29, 0.717) is 17.9 Å².